The van der Waals surface area contributed by atoms with Crippen LogP contribution in [0.1, 0.15) is 36.3 Å². The first-order chi connectivity index (χ1) is 6.66. The molecule has 0 radical (unpaired) electrons. The van der Waals surface area contributed by atoms with E-state index >= 15 is 0 Å². The van der Waals surface area contributed by atoms with E-state index in [0.717, 1.165) is 5.02 Å². The van der Waals surface area contributed by atoms with Crippen LogP contribution < -0.4 is 0 Å². The lowest BCUT2D eigenvalue weighted by Gasteiger charge is -2.10. The van der Waals surface area contributed by atoms with Crippen LogP contribution in [-0.2, 0) is 0 Å². The first kappa shape index (κ1) is 10.5. The van der Waals surface area contributed by atoms with Gasteiger partial charge in [0, 0.05) is 9.85 Å². The predicted molar refractivity (Wildman–Crippen MR) is 65.5 cm³/mol. The highest BCUT2D eigenvalue weighted by Crippen LogP contribution is 2.38. The lowest BCUT2D eigenvalue weighted by atomic mass is 9.97. The highest BCUT2D eigenvalue weighted by Gasteiger charge is 2.23. The molecule has 14 heavy (non-hydrogen) atoms. The summed E-state index contributed by atoms with van der Waals surface area (Å²) < 4.78 is 0. The monoisotopic (exact) mass is 272 g/mol. The van der Waals surface area contributed by atoms with Crippen LogP contribution in [0.15, 0.2) is 18.2 Å². The third-order valence-corrected chi connectivity index (χ3v) is 4.27. The second kappa shape index (κ2) is 4.24. The Morgan fingerprint density at radius 2 is 2.14 bits per heavy atom. The Kier molecular flexibility index (Phi) is 3.18. The van der Waals surface area contributed by atoms with Crippen LogP contribution in [0.3, 0.4) is 0 Å². The normalized spacial score (nSPS) is 26.8. The van der Waals surface area contributed by atoms with E-state index in [1.165, 1.54) is 30.4 Å². The van der Waals surface area contributed by atoms with E-state index in [4.69, 9.17) is 11.6 Å². The van der Waals surface area contributed by atoms with Crippen molar-refractivity contribution in [3.63, 3.8) is 0 Å². The number of aryl methyl sites for hydroxylation is 1. The van der Waals surface area contributed by atoms with Crippen LogP contribution in [0.5, 0.6) is 0 Å². The number of halogens is 2. The summed E-state index contributed by atoms with van der Waals surface area (Å²) in [5.74, 6) is 0.706. The van der Waals surface area contributed by atoms with Crippen molar-refractivity contribution in [2.75, 3.05) is 0 Å². The molecule has 0 heterocycles. The second-order valence-corrected chi connectivity index (χ2v) is 5.82. The third kappa shape index (κ3) is 2.14. The molecule has 76 valence electrons. The lowest BCUT2D eigenvalue weighted by molar-refractivity contribution is 0.725. The fourth-order valence-electron chi connectivity index (χ4n) is 2.09. The molecule has 1 aromatic rings. The van der Waals surface area contributed by atoms with Crippen molar-refractivity contribution in [3.05, 3.63) is 34.3 Å². The molecule has 0 bridgehead atoms. The minimum atomic E-state index is 0.701. The van der Waals surface area contributed by atoms with Gasteiger partial charge in [-0.25, -0.2) is 0 Å². The highest BCUT2D eigenvalue weighted by atomic mass is 79.9. The molecule has 2 rings (SSSR count). The summed E-state index contributed by atoms with van der Waals surface area (Å²) in [6.07, 6.45) is 3.82. The van der Waals surface area contributed by atoms with Crippen LogP contribution in [0.25, 0.3) is 0 Å². The van der Waals surface area contributed by atoms with Crippen LogP contribution >= 0.6 is 27.5 Å². The summed E-state index contributed by atoms with van der Waals surface area (Å²) in [7, 11) is 0. The Morgan fingerprint density at radius 3 is 2.71 bits per heavy atom. The van der Waals surface area contributed by atoms with Crippen molar-refractivity contribution in [1.82, 2.24) is 0 Å². The second-order valence-electron chi connectivity index (χ2n) is 4.12. The van der Waals surface area contributed by atoms with Crippen molar-refractivity contribution < 1.29 is 0 Å². The van der Waals surface area contributed by atoms with E-state index in [0.29, 0.717) is 10.7 Å². The van der Waals surface area contributed by atoms with E-state index in [9.17, 15) is 0 Å². The van der Waals surface area contributed by atoms with Crippen LogP contribution in [0.4, 0.5) is 0 Å². The summed E-state index contributed by atoms with van der Waals surface area (Å²) in [5.41, 5.74) is 2.58. The number of hydrogen-bond acceptors (Lipinski definition) is 0. The maximum Gasteiger partial charge on any atom is 0.0438 e. The fraction of sp³-hybridized carbons (Fsp3) is 0.500. The molecule has 1 saturated carbocycles. The molecule has 0 amide bonds. The maximum absolute atomic E-state index is 6.12. The van der Waals surface area contributed by atoms with E-state index in [2.05, 4.69) is 34.1 Å². The average molecular weight is 274 g/mol. The number of hydrogen-bond donors (Lipinski definition) is 0. The van der Waals surface area contributed by atoms with Gasteiger partial charge < -0.3 is 0 Å². The van der Waals surface area contributed by atoms with Gasteiger partial charge in [0.25, 0.3) is 0 Å². The molecule has 1 aliphatic rings. The molecule has 2 heteroatoms. The molecule has 0 aromatic heterocycles. The molecule has 1 aromatic carbocycles. The maximum atomic E-state index is 6.12. The summed E-state index contributed by atoms with van der Waals surface area (Å²) in [4.78, 5) is 0.701. The zero-order valence-corrected chi connectivity index (χ0v) is 10.6. The zero-order chi connectivity index (χ0) is 10.1. The molecule has 0 aliphatic heterocycles. The van der Waals surface area contributed by atoms with Crippen LogP contribution in [0, 0.1) is 6.92 Å². The largest absolute Gasteiger partial charge is 0.0890 e. The SMILES string of the molecule is Cc1ccc(C2CCC(Br)C2)cc1Cl. The molecule has 2 atom stereocenters. The first-order valence-corrected chi connectivity index (χ1v) is 6.36. The standard InChI is InChI=1S/C12H14BrCl/c1-8-2-3-10(7-12(8)14)9-4-5-11(13)6-9/h2-3,7,9,11H,4-6H2,1H3. The molecule has 1 fully saturated rings. The van der Waals surface area contributed by atoms with Crippen LogP contribution in [-0.4, -0.2) is 4.83 Å². The summed E-state index contributed by atoms with van der Waals surface area (Å²) in [6, 6.07) is 6.47. The lowest BCUT2D eigenvalue weighted by Crippen LogP contribution is -1.94. The summed E-state index contributed by atoms with van der Waals surface area (Å²) in [6.45, 7) is 2.05. The van der Waals surface area contributed by atoms with Crippen molar-refractivity contribution in [2.24, 2.45) is 0 Å². The topological polar surface area (TPSA) is 0 Å². The van der Waals surface area contributed by atoms with Crippen LogP contribution in [0.2, 0.25) is 5.02 Å². The third-order valence-electron chi connectivity index (χ3n) is 3.04. The van der Waals surface area contributed by atoms with Gasteiger partial charge >= 0.3 is 0 Å². The summed E-state index contributed by atoms with van der Waals surface area (Å²) >= 11 is 9.79. The van der Waals surface area contributed by atoms with Gasteiger partial charge in [0.15, 0.2) is 0 Å². The molecular formula is C12H14BrCl. The van der Waals surface area contributed by atoms with Crippen molar-refractivity contribution in [1.29, 1.82) is 0 Å². The van der Waals surface area contributed by atoms with Gasteiger partial charge in [-0.15, -0.1) is 0 Å². The van der Waals surface area contributed by atoms with E-state index in [1.807, 2.05) is 6.92 Å². The number of rotatable bonds is 1. The molecule has 0 spiro atoms. The van der Waals surface area contributed by atoms with Gasteiger partial charge in [-0.2, -0.15) is 0 Å². The smallest absolute Gasteiger partial charge is 0.0438 e. The number of alkyl halides is 1. The Balaban J connectivity index is 2.20. The van der Waals surface area contributed by atoms with Gasteiger partial charge in [0.05, 0.1) is 0 Å². The van der Waals surface area contributed by atoms with Crippen molar-refractivity contribution in [3.8, 4) is 0 Å². The van der Waals surface area contributed by atoms with Gasteiger partial charge in [-0.05, 0) is 49.3 Å². The molecular weight excluding hydrogens is 259 g/mol. The predicted octanol–water partition coefficient (Wildman–Crippen LogP) is 4.68. The van der Waals surface area contributed by atoms with Gasteiger partial charge in [0.2, 0.25) is 0 Å². The molecule has 0 saturated heterocycles. The highest BCUT2D eigenvalue weighted by molar-refractivity contribution is 9.09. The van der Waals surface area contributed by atoms with Gasteiger partial charge in [-0.1, -0.05) is 39.7 Å². The first-order valence-electron chi connectivity index (χ1n) is 5.07. The molecule has 2 unspecified atom stereocenters. The minimum absolute atomic E-state index is 0.701. The Bertz CT molecular complexity index is 335. The Morgan fingerprint density at radius 1 is 1.36 bits per heavy atom. The van der Waals surface area contributed by atoms with Gasteiger partial charge in [0.1, 0.15) is 0 Å². The average Bonchev–Trinajstić information content (AvgIpc) is 2.57. The van der Waals surface area contributed by atoms with E-state index in [1.54, 1.807) is 0 Å². The minimum Gasteiger partial charge on any atom is -0.0890 e. The van der Waals surface area contributed by atoms with E-state index < -0.39 is 0 Å². The Labute approximate surface area is 98.8 Å². The quantitative estimate of drug-likeness (QED) is 0.652. The van der Waals surface area contributed by atoms with Crippen molar-refractivity contribution >= 4 is 27.5 Å². The fourth-order valence-corrected chi connectivity index (χ4v) is 3.00. The number of benzene rings is 1. The zero-order valence-electron chi connectivity index (χ0n) is 8.26. The summed E-state index contributed by atoms with van der Waals surface area (Å²) in [5, 5.41) is 0.903. The van der Waals surface area contributed by atoms with Crippen molar-refractivity contribution in [2.45, 2.75) is 36.9 Å². The molecule has 0 N–H and O–H groups in total. The molecule has 0 nitrogen and oxygen atoms in total. The van der Waals surface area contributed by atoms with E-state index in [-0.39, 0.29) is 0 Å². The van der Waals surface area contributed by atoms with Gasteiger partial charge in [-0.3, -0.25) is 0 Å². The Hall–Kier alpha value is -0.0100. The molecule has 1 aliphatic carbocycles.